The van der Waals surface area contributed by atoms with Crippen molar-refractivity contribution < 1.29 is 13.2 Å². The standard InChI is InChI=1S/C21H23F3N6/c1-11(2)30-18(19-14-7-13(8-15(14)19)29-5-3-4-27-29)9-17(28-30)12-6-16(21(22,23)24)20(25)26-10-12/h3-6,9-11,13-15,19H,7-8H2,1-2H3,(H2,25,26). The Morgan fingerprint density at radius 2 is 1.90 bits per heavy atom. The molecular formula is C21H23F3N6. The maximum Gasteiger partial charge on any atom is 0.419 e. The second kappa shape index (κ2) is 6.58. The van der Waals surface area contributed by atoms with Gasteiger partial charge in [-0.3, -0.25) is 9.36 Å². The highest BCUT2D eigenvalue weighted by atomic mass is 19.4. The molecule has 0 amide bonds. The molecule has 2 aliphatic carbocycles. The molecule has 9 heteroatoms. The van der Waals surface area contributed by atoms with Gasteiger partial charge in [-0.05, 0) is 56.7 Å². The van der Waals surface area contributed by atoms with Crippen molar-refractivity contribution in [2.45, 2.75) is 50.9 Å². The first-order chi connectivity index (χ1) is 14.2. The second-order valence-electron chi connectivity index (χ2n) is 8.61. The Morgan fingerprint density at radius 3 is 2.50 bits per heavy atom. The monoisotopic (exact) mass is 416 g/mol. The van der Waals surface area contributed by atoms with Crippen LogP contribution in [0, 0.1) is 11.8 Å². The van der Waals surface area contributed by atoms with Crippen molar-refractivity contribution in [3.63, 3.8) is 0 Å². The molecule has 2 N–H and O–H groups in total. The number of aromatic nitrogens is 5. The lowest BCUT2D eigenvalue weighted by Crippen LogP contribution is -2.12. The van der Waals surface area contributed by atoms with Crippen LogP contribution in [0.5, 0.6) is 0 Å². The molecule has 158 valence electrons. The minimum atomic E-state index is -4.55. The van der Waals surface area contributed by atoms with Crippen LogP contribution in [-0.2, 0) is 6.18 Å². The molecule has 2 unspecified atom stereocenters. The SMILES string of the molecule is CC(C)n1nc(-c2cnc(N)c(C(F)(F)F)c2)cc1C1C2CC(n3cccn3)CC21. The van der Waals surface area contributed by atoms with E-state index < -0.39 is 17.6 Å². The molecule has 3 heterocycles. The molecule has 0 bridgehead atoms. The van der Waals surface area contributed by atoms with Crippen LogP contribution in [0.25, 0.3) is 11.3 Å². The fourth-order valence-corrected chi connectivity index (χ4v) is 5.02. The molecule has 0 aliphatic heterocycles. The third-order valence-corrected chi connectivity index (χ3v) is 6.43. The molecule has 0 radical (unpaired) electrons. The normalized spacial score (nSPS) is 25.7. The highest BCUT2D eigenvalue weighted by molar-refractivity contribution is 5.63. The lowest BCUT2D eigenvalue weighted by Gasteiger charge is -2.16. The Bertz CT molecular complexity index is 1060. The Balaban J connectivity index is 1.44. The van der Waals surface area contributed by atoms with Crippen LogP contribution in [0.2, 0.25) is 0 Å². The van der Waals surface area contributed by atoms with Gasteiger partial charge in [0.15, 0.2) is 0 Å². The Hall–Kier alpha value is -2.84. The van der Waals surface area contributed by atoms with Gasteiger partial charge in [0.2, 0.25) is 0 Å². The maximum absolute atomic E-state index is 13.3. The summed E-state index contributed by atoms with van der Waals surface area (Å²) in [5, 5.41) is 9.01. The van der Waals surface area contributed by atoms with Gasteiger partial charge in [-0.1, -0.05) is 0 Å². The number of nitrogens with two attached hydrogens (primary N) is 1. The fraction of sp³-hybridized carbons (Fsp3) is 0.476. The van der Waals surface area contributed by atoms with Crippen LogP contribution in [0.3, 0.4) is 0 Å². The van der Waals surface area contributed by atoms with E-state index in [4.69, 9.17) is 5.73 Å². The van der Waals surface area contributed by atoms with E-state index in [1.807, 2.05) is 41.5 Å². The van der Waals surface area contributed by atoms with Gasteiger partial charge in [-0.25, -0.2) is 4.98 Å². The first-order valence-electron chi connectivity index (χ1n) is 10.2. The van der Waals surface area contributed by atoms with Gasteiger partial charge in [-0.15, -0.1) is 0 Å². The molecule has 3 aromatic heterocycles. The van der Waals surface area contributed by atoms with Gasteiger partial charge >= 0.3 is 6.18 Å². The van der Waals surface area contributed by atoms with Crippen LogP contribution in [-0.4, -0.2) is 24.5 Å². The average Bonchev–Trinajstić information content (AvgIpc) is 3.20. The first kappa shape index (κ1) is 19.1. The number of alkyl halides is 3. The zero-order valence-corrected chi connectivity index (χ0v) is 16.7. The molecule has 2 fully saturated rings. The molecule has 30 heavy (non-hydrogen) atoms. The summed E-state index contributed by atoms with van der Waals surface area (Å²) in [5.41, 5.74) is 6.45. The van der Waals surface area contributed by atoms with Crippen molar-refractivity contribution in [2.24, 2.45) is 11.8 Å². The van der Waals surface area contributed by atoms with Crippen molar-refractivity contribution in [3.8, 4) is 11.3 Å². The summed E-state index contributed by atoms with van der Waals surface area (Å²) in [6.07, 6.45) is 2.76. The average molecular weight is 416 g/mol. The number of hydrogen-bond donors (Lipinski definition) is 1. The van der Waals surface area contributed by atoms with Crippen LogP contribution in [0.15, 0.2) is 36.8 Å². The summed E-state index contributed by atoms with van der Waals surface area (Å²) >= 11 is 0. The van der Waals surface area contributed by atoms with Crippen molar-refractivity contribution in [3.05, 3.63) is 48.0 Å². The van der Waals surface area contributed by atoms with Gasteiger partial charge in [0, 0.05) is 41.8 Å². The number of hydrogen-bond acceptors (Lipinski definition) is 4. The summed E-state index contributed by atoms with van der Waals surface area (Å²) in [4.78, 5) is 3.76. The maximum atomic E-state index is 13.3. The minimum Gasteiger partial charge on any atom is -0.383 e. The number of fused-ring (bicyclic) bond motifs is 1. The van der Waals surface area contributed by atoms with Crippen LogP contribution < -0.4 is 5.73 Å². The second-order valence-corrected chi connectivity index (χ2v) is 8.61. The summed E-state index contributed by atoms with van der Waals surface area (Å²) in [7, 11) is 0. The number of nitrogens with zero attached hydrogens (tertiary/aromatic N) is 5. The predicted molar refractivity (Wildman–Crippen MR) is 105 cm³/mol. The van der Waals surface area contributed by atoms with E-state index in [1.54, 1.807) is 6.20 Å². The highest BCUT2D eigenvalue weighted by Crippen LogP contribution is 2.66. The van der Waals surface area contributed by atoms with Crippen molar-refractivity contribution in [1.29, 1.82) is 0 Å². The Morgan fingerprint density at radius 1 is 1.17 bits per heavy atom. The third kappa shape index (κ3) is 3.07. The third-order valence-electron chi connectivity index (χ3n) is 6.43. The van der Waals surface area contributed by atoms with Gasteiger partial charge < -0.3 is 5.73 Å². The summed E-state index contributed by atoms with van der Waals surface area (Å²) in [6.45, 7) is 4.07. The molecule has 6 nitrogen and oxygen atoms in total. The van der Waals surface area contributed by atoms with Gasteiger partial charge in [0.1, 0.15) is 5.82 Å². The van der Waals surface area contributed by atoms with Crippen LogP contribution in [0.4, 0.5) is 19.0 Å². The summed E-state index contributed by atoms with van der Waals surface area (Å²) in [6, 6.07) is 5.45. The van der Waals surface area contributed by atoms with Crippen molar-refractivity contribution in [2.75, 3.05) is 5.73 Å². The summed E-state index contributed by atoms with van der Waals surface area (Å²) in [5.74, 6) is 1.01. The molecule has 2 atom stereocenters. The number of nitrogen functional groups attached to an aromatic ring is 1. The molecule has 0 spiro atoms. The van der Waals surface area contributed by atoms with Crippen LogP contribution >= 0.6 is 0 Å². The van der Waals surface area contributed by atoms with Gasteiger partial charge in [0.25, 0.3) is 0 Å². The van der Waals surface area contributed by atoms with Crippen LogP contribution in [0.1, 0.15) is 55.9 Å². The topological polar surface area (TPSA) is 74.6 Å². The Kier molecular flexibility index (Phi) is 4.20. The van der Waals surface area contributed by atoms with E-state index >= 15 is 0 Å². The number of halogens is 3. The fourth-order valence-electron chi connectivity index (χ4n) is 5.02. The quantitative estimate of drug-likeness (QED) is 0.670. The minimum absolute atomic E-state index is 0.112. The van der Waals surface area contributed by atoms with E-state index in [1.165, 1.54) is 6.20 Å². The van der Waals surface area contributed by atoms with E-state index in [9.17, 15) is 13.2 Å². The lowest BCUT2D eigenvalue weighted by molar-refractivity contribution is -0.137. The van der Waals surface area contributed by atoms with E-state index in [0.29, 0.717) is 35.1 Å². The van der Waals surface area contributed by atoms with Gasteiger partial charge in [0.05, 0.1) is 17.3 Å². The molecule has 3 aromatic rings. The highest BCUT2D eigenvalue weighted by Gasteiger charge is 2.58. The zero-order chi connectivity index (χ0) is 21.2. The summed E-state index contributed by atoms with van der Waals surface area (Å²) < 4.78 is 43.7. The molecule has 0 saturated heterocycles. The lowest BCUT2D eigenvalue weighted by atomic mass is 10.0. The van der Waals surface area contributed by atoms with E-state index in [0.717, 1.165) is 24.6 Å². The molecule has 0 aromatic carbocycles. The zero-order valence-electron chi connectivity index (χ0n) is 16.7. The number of anilines is 1. The van der Waals surface area contributed by atoms with Gasteiger partial charge in [-0.2, -0.15) is 23.4 Å². The molecular weight excluding hydrogens is 393 g/mol. The Labute approximate surface area is 171 Å². The van der Waals surface area contributed by atoms with E-state index in [2.05, 4.69) is 15.2 Å². The number of pyridine rings is 1. The largest absolute Gasteiger partial charge is 0.419 e. The predicted octanol–water partition coefficient (Wildman–Crippen LogP) is 4.69. The van der Waals surface area contributed by atoms with E-state index in [-0.39, 0.29) is 6.04 Å². The molecule has 2 aliphatic rings. The smallest absolute Gasteiger partial charge is 0.383 e. The number of rotatable bonds is 4. The first-order valence-corrected chi connectivity index (χ1v) is 10.2. The van der Waals surface area contributed by atoms with Crippen molar-refractivity contribution >= 4 is 5.82 Å². The molecule has 5 rings (SSSR count). The molecule has 2 saturated carbocycles. The van der Waals surface area contributed by atoms with Crippen molar-refractivity contribution in [1.82, 2.24) is 24.5 Å².